The molecule has 0 aliphatic carbocycles. The Morgan fingerprint density at radius 3 is 2.33 bits per heavy atom. The molecule has 1 rings (SSSR count). The maximum atomic E-state index is 13.8. The molecule has 1 unspecified atom stereocenters. The van der Waals surface area contributed by atoms with Crippen LogP contribution in [-0.4, -0.2) is 0 Å². The molecule has 1 aromatic rings. The van der Waals surface area contributed by atoms with Crippen LogP contribution >= 0.6 is 0 Å². The second kappa shape index (κ2) is 4.34. The van der Waals surface area contributed by atoms with Crippen molar-refractivity contribution in [2.75, 3.05) is 0 Å². The first kappa shape index (κ1) is 12.2. The van der Waals surface area contributed by atoms with Crippen molar-refractivity contribution in [1.82, 2.24) is 0 Å². The Labute approximate surface area is 92.5 Å². The normalized spacial score (nSPS) is 14.0. The number of benzene rings is 1. The van der Waals surface area contributed by atoms with Gasteiger partial charge in [-0.1, -0.05) is 46.8 Å². The lowest BCUT2D eigenvalue weighted by Gasteiger charge is -2.25. The summed E-state index contributed by atoms with van der Waals surface area (Å²) in [5, 5.41) is 0. The highest BCUT2D eigenvalue weighted by Crippen LogP contribution is 2.33. The standard InChI is InChI=1S/C14H21F/c1-6-10(2)13-11(14(3,4)5)8-7-9-12(13)15/h7-10H,6H2,1-5H3. The van der Waals surface area contributed by atoms with Crippen molar-refractivity contribution in [3.05, 3.63) is 35.1 Å². The highest BCUT2D eigenvalue weighted by molar-refractivity contribution is 5.36. The molecule has 1 aromatic carbocycles. The van der Waals surface area contributed by atoms with Crippen LogP contribution in [-0.2, 0) is 5.41 Å². The first-order valence-corrected chi connectivity index (χ1v) is 5.66. The summed E-state index contributed by atoms with van der Waals surface area (Å²) in [6.07, 6.45) is 0.976. The Morgan fingerprint density at radius 2 is 1.87 bits per heavy atom. The van der Waals surface area contributed by atoms with Crippen LogP contribution in [0.15, 0.2) is 18.2 Å². The van der Waals surface area contributed by atoms with Gasteiger partial charge in [0.25, 0.3) is 0 Å². The molecule has 0 heterocycles. The summed E-state index contributed by atoms with van der Waals surface area (Å²) in [7, 11) is 0. The summed E-state index contributed by atoms with van der Waals surface area (Å²) in [6, 6.07) is 5.42. The van der Waals surface area contributed by atoms with Crippen molar-refractivity contribution in [3.63, 3.8) is 0 Å². The molecule has 0 aliphatic heterocycles. The molecular weight excluding hydrogens is 187 g/mol. The maximum absolute atomic E-state index is 13.8. The van der Waals surface area contributed by atoms with Crippen molar-refractivity contribution >= 4 is 0 Å². The smallest absolute Gasteiger partial charge is 0.126 e. The summed E-state index contributed by atoms with van der Waals surface area (Å²) in [5.74, 6) is 0.234. The number of halogens is 1. The third-order valence-electron chi connectivity index (χ3n) is 2.97. The lowest BCUT2D eigenvalue weighted by Crippen LogP contribution is -2.16. The fourth-order valence-electron chi connectivity index (χ4n) is 1.90. The molecule has 0 aliphatic rings. The van der Waals surface area contributed by atoms with Crippen LogP contribution in [0.2, 0.25) is 0 Å². The quantitative estimate of drug-likeness (QED) is 0.664. The van der Waals surface area contributed by atoms with E-state index in [9.17, 15) is 4.39 Å². The molecule has 15 heavy (non-hydrogen) atoms. The van der Waals surface area contributed by atoms with Gasteiger partial charge in [0.05, 0.1) is 0 Å². The predicted molar refractivity (Wildman–Crippen MR) is 63.8 cm³/mol. The van der Waals surface area contributed by atoms with Gasteiger partial charge >= 0.3 is 0 Å². The molecular formula is C14H21F. The maximum Gasteiger partial charge on any atom is 0.126 e. The van der Waals surface area contributed by atoms with Gasteiger partial charge in [0.15, 0.2) is 0 Å². The Morgan fingerprint density at radius 1 is 1.27 bits per heavy atom. The van der Waals surface area contributed by atoms with Gasteiger partial charge in [0, 0.05) is 0 Å². The Balaban J connectivity index is 3.33. The van der Waals surface area contributed by atoms with E-state index in [0.717, 1.165) is 17.5 Å². The van der Waals surface area contributed by atoms with Gasteiger partial charge in [-0.2, -0.15) is 0 Å². The Bertz CT molecular complexity index is 334. The highest BCUT2D eigenvalue weighted by atomic mass is 19.1. The molecule has 84 valence electrons. The van der Waals surface area contributed by atoms with E-state index in [-0.39, 0.29) is 11.2 Å². The van der Waals surface area contributed by atoms with Gasteiger partial charge in [-0.25, -0.2) is 4.39 Å². The molecule has 0 radical (unpaired) electrons. The van der Waals surface area contributed by atoms with Gasteiger partial charge in [-0.15, -0.1) is 0 Å². The molecule has 1 heteroatoms. The van der Waals surface area contributed by atoms with Crippen molar-refractivity contribution in [2.24, 2.45) is 0 Å². The number of hydrogen-bond acceptors (Lipinski definition) is 0. The third kappa shape index (κ3) is 2.58. The largest absolute Gasteiger partial charge is 0.207 e. The van der Waals surface area contributed by atoms with E-state index in [4.69, 9.17) is 0 Å². The summed E-state index contributed by atoms with van der Waals surface area (Å²) < 4.78 is 13.8. The summed E-state index contributed by atoms with van der Waals surface area (Å²) in [6.45, 7) is 10.6. The van der Waals surface area contributed by atoms with Crippen molar-refractivity contribution in [2.45, 2.75) is 52.4 Å². The van der Waals surface area contributed by atoms with Crippen LogP contribution in [0.1, 0.15) is 58.1 Å². The molecule has 0 spiro atoms. The molecule has 0 N–H and O–H groups in total. The van der Waals surface area contributed by atoms with Crippen LogP contribution < -0.4 is 0 Å². The minimum absolute atomic E-state index is 0.0147. The lowest BCUT2D eigenvalue weighted by atomic mass is 9.79. The van der Waals surface area contributed by atoms with Crippen LogP contribution in [0.25, 0.3) is 0 Å². The zero-order valence-electron chi connectivity index (χ0n) is 10.4. The summed E-state index contributed by atoms with van der Waals surface area (Å²) in [4.78, 5) is 0. The zero-order chi connectivity index (χ0) is 11.6. The van der Waals surface area contributed by atoms with Gasteiger partial charge < -0.3 is 0 Å². The van der Waals surface area contributed by atoms with E-state index >= 15 is 0 Å². The van der Waals surface area contributed by atoms with E-state index in [1.54, 1.807) is 6.07 Å². The zero-order valence-corrected chi connectivity index (χ0v) is 10.4. The SMILES string of the molecule is CCC(C)c1c(F)cccc1C(C)(C)C. The highest BCUT2D eigenvalue weighted by Gasteiger charge is 2.22. The summed E-state index contributed by atoms with van der Waals surface area (Å²) in [5.41, 5.74) is 2.05. The molecule has 0 amide bonds. The van der Waals surface area contributed by atoms with E-state index in [0.29, 0.717) is 5.92 Å². The predicted octanol–water partition coefficient (Wildman–Crippen LogP) is 4.64. The lowest BCUT2D eigenvalue weighted by molar-refractivity contribution is 0.533. The van der Waals surface area contributed by atoms with E-state index < -0.39 is 0 Å². The monoisotopic (exact) mass is 208 g/mol. The van der Waals surface area contributed by atoms with Gasteiger partial charge in [0.2, 0.25) is 0 Å². The van der Waals surface area contributed by atoms with Crippen molar-refractivity contribution in [1.29, 1.82) is 0 Å². The Hall–Kier alpha value is -0.850. The van der Waals surface area contributed by atoms with Gasteiger partial charge in [0.1, 0.15) is 5.82 Å². The Kier molecular flexibility index (Phi) is 3.54. The van der Waals surface area contributed by atoms with Gasteiger partial charge in [-0.3, -0.25) is 0 Å². The molecule has 0 saturated carbocycles. The molecule has 0 nitrogen and oxygen atoms in total. The number of hydrogen-bond donors (Lipinski definition) is 0. The summed E-state index contributed by atoms with van der Waals surface area (Å²) >= 11 is 0. The van der Waals surface area contributed by atoms with Crippen molar-refractivity contribution in [3.8, 4) is 0 Å². The van der Waals surface area contributed by atoms with E-state index in [1.165, 1.54) is 0 Å². The molecule has 0 aromatic heterocycles. The second-order valence-corrected chi connectivity index (χ2v) is 5.26. The molecule has 0 bridgehead atoms. The van der Waals surface area contributed by atoms with E-state index in [2.05, 4.69) is 34.6 Å². The fraction of sp³-hybridized carbons (Fsp3) is 0.571. The minimum atomic E-state index is -0.0585. The first-order valence-electron chi connectivity index (χ1n) is 5.66. The van der Waals surface area contributed by atoms with E-state index in [1.807, 2.05) is 12.1 Å². The number of rotatable bonds is 2. The average Bonchev–Trinajstić information content (AvgIpc) is 2.15. The fourth-order valence-corrected chi connectivity index (χ4v) is 1.90. The van der Waals surface area contributed by atoms with Crippen LogP contribution in [0, 0.1) is 5.82 Å². The van der Waals surface area contributed by atoms with Crippen LogP contribution in [0.5, 0.6) is 0 Å². The van der Waals surface area contributed by atoms with Crippen LogP contribution in [0.4, 0.5) is 4.39 Å². The first-order chi connectivity index (χ1) is 6.88. The third-order valence-corrected chi connectivity index (χ3v) is 2.97. The van der Waals surface area contributed by atoms with Crippen LogP contribution in [0.3, 0.4) is 0 Å². The van der Waals surface area contributed by atoms with Crippen molar-refractivity contribution < 1.29 is 4.39 Å². The van der Waals surface area contributed by atoms with Gasteiger partial charge in [-0.05, 0) is 34.9 Å². The minimum Gasteiger partial charge on any atom is -0.207 e. The topological polar surface area (TPSA) is 0 Å². The molecule has 1 atom stereocenters. The second-order valence-electron chi connectivity index (χ2n) is 5.26. The average molecular weight is 208 g/mol. The molecule has 0 saturated heterocycles. The molecule has 0 fully saturated rings.